The molecule has 0 aromatic heterocycles. The van der Waals surface area contributed by atoms with Crippen LogP contribution in [0.1, 0.15) is 80.1 Å². The van der Waals surface area contributed by atoms with E-state index >= 15 is 0 Å². The topological polar surface area (TPSA) is 0 Å². The predicted molar refractivity (Wildman–Crippen MR) is 82.7 cm³/mol. The van der Waals surface area contributed by atoms with E-state index in [-0.39, 0.29) is 0 Å². The lowest BCUT2D eigenvalue weighted by atomic mass is 9.77. The summed E-state index contributed by atoms with van der Waals surface area (Å²) in [7, 11) is 0. The highest BCUT2D eigenvalue weighted by Gasteiger charge is 2.21. The van der Waals surface area contributed by atoms with Crippen LogP contribution < -0.4 is 0 Å². The van der Waals surface area contributed by atoms with E-state index in [9.17, 15) is 0 Å². The molecule has 0 spiro atoms. The standard InChI is InChI=1S/2C9H18/c1-7-4-8(2)6-9(3)5-7;1-7-4-5-8(2)9(3)6-7/h2*7-9H,4-6H2,1-3H3. The maximum atomic E-state index is 2.39. The van der Waals surface area contributed by atoms with E-state index in [1.807, 2.05) is 0 Å². The fraction of sp³-hybridized carbons (Fsp3) is 1.00. The van der Waals surface area contributed by atoms with E-state index < -0.39 is 0 Å². The molecule has 18 heavy (non-hydrogen) atoms. The summed E-state index contributed by atoms with van der Waals surface area (Å²) in [5, 5.41) is 0. The molecular formula is C18H36. The van der Waals surface area contributed by atoms with Crippen molar-refractivity contribution in [3.05, 3.63) is 0 Å². The summed E-state index contributed by atoms with van der Waals surface area (Å²) in [6, 6.07) is 0. The summed E-state index contributed by atoms with van der Waals surface area (Å²) in [6.45, 7) is 14.3. The van der Waals surface area contributed by atoms with Crippen molar-refractivity contribution in [3.8, 4) is 0 Å². The number of hydrogen-bond acceptors (Lipinski definition) is 0. The molecule has 0 N–H and O–H groups in total. The van der Waals surface area contributed by atoms with Crippen LogP contribution in [0, 0.1) is 35.5 Å². The summed E-state index contributed by atoms with van der Waals surface area (Å²) < 4.78 is 0. The van der Waals surface area contributed by atoms with Crippen LogP contribution in [0.15, 0.2) is 0 Å². The molecule has 2 rings (SSSR count). The highest BCUT2D eigenvalue weighted by molar-refractivity contribution is 4.72. The van der Waals surface area contributed by atoms with Crippen LogP contribution in [0.25, 0.3) is 0 Å². The molecule has 0 bridgehead atoms. The van der Waals surface area contributed by atoms with Gasteiger partial charge in [-0.1, -0.05) is 54.4 Å². The second kappa shape index (κ2) is 7.56. The SMILES string of the molecule is CC1CC(C)CC(C)C1.CC1CCC(C)C(C)C1. The first-order chi connectivity index (χ1) is 8.38. The molecular weight excluding hydrogens is 216 g/mol. The van der Waals surface area contributed by atoms with Gasteiger partial charge < -0.3 is 0 Å². The first-order valence-corrected chi connectivity index (χ1v) is 8.38. The largest absolute Gasteiger partial charge is 0.0625 e. The summed E-state index contributed by atoms with van der Waals surface area (Å²) in [6.07, 6.45) is 8.77. The highest BCUT2D eigenvalue weighted by Crippen LogP contribution is 2.33. The minimum atomic E-state index is 0.980. The molecule has 2 saturated carbocycles. The smallest absolute Gasteiger partial charge is 0.0414 e. The third kappa shape index (κ3) is 5.76. The Labute approximate surface area is 116 Å². The van der Waals surface area contributed by atoms with Gasteiger partial charge in [-0.05, 0) is 61.2 Å². The Balaban J connectivity index is 0.000000180. The third-order valence-electron chi connectivity index (χ3n) is 5.27. The monoisotopic (exact) mass is 252 g/mol. The Kier molecular flexibility index (Phi) is 6.74. The Morgan fingerprint density at radius 2 is 0.889 bits per heavy atom. The Hall–Kier alpha value is 0. The molecule has 0 heterocycles. The zero-order valence-corrected chi connectivity index (χ0v) is 13.7. The zero-order valence-electron chi connectivity index (χ0n) is 13.7. The molecule has 0 radical (unpaired) electrons. The fourth-order valence-electron chi connectivity index (χ4n) is 4.17. The molecule has 0 nitrogen and oxygen atoms in total. The van der Waals surface area contributed by atoms with Gasteiger partial charge in [0.1, 0.15) is 0 Å². The molecule has 0 aromatic rings. The first kappa shape index (κ1) is 16.1. The quantitative estimate of drug-likeness (QED) is 0.484. The van der Waals surface area contributed by atoms with E-state index in [1.165, 1.54) is 38.5 Å². The van der Waals surface area contributed by atoms with Crippen molar-refractivity contribution < 1.29 is 0 Å². The van der Waals surface area contributed by atoms with E-state index in [1.54, 1.807) is 0 Å². The van der Waals surface area contributed by atoms with Gasteiger partial charge in [-0.3, -0.25) is 0 Å². The van der Waals surface area contributed by atoms with Gasteiger partial charge in [0.05, 0.1) is 0 Å². The third-order valence-corrected chi connectivity index (χ3v) is 5.27. The van der Waals surface area contributed by atoms with Gasteiger partial charge in [0.2, 0.25) is 0 Å². The summed E-state index contributed by atoms with van der Waals surface area (Å²) in [4.78, 5) is 0. The predicted octanol–water partition coefficient (Wildman–Crippen LogP) is 6.16. The van der Waals surface area contributed by atoms with Gasteiger partial charge in [-0.25, -0.2) is 0 Å². The lowest BCUT2D eigenvalue weighted by Gasteiger charge is -2.29. The lowest BCUT2D eigenvalue weighted by Crippen LogP contribution is -2.18. The van der Waals surface area contributed by atoms with Crippen molar-refractivity contribution in [2.45, 2.75) is 80.1 Å². The van der Waals surface area contributed by atoms with Crippen LogP contribution in [-0.2, 0) is 0 Å². The van der Waals surface area contributed by atoms with Crippen LogP contribution in [0.4, 0.5) is 0 Å². The Morgan fingerprint density at radius 1 is 0.444 bits per heavy atom. The van der Waals surface area contributed by atoms with Crippen LogP contribution in [0.3, 0.4) is 0 Å². The Morgan fingerprint density at radius 3 is 1.22 bits per heavy atom. The molecule has 0 aromatic carbocycles. The molecule has 3 atom stereocenters. The van der Waals surface area contributed by atoms with Gasteiger partial charge in [0.15, 0.2) is 0 Å². The van der Waals surface area contributed by atoms with Gasteiger partial charge in [0, 0.05) is 0 Å². The van der Waals surface area contributed by atoms with Crippen LogP contribution in [0.5, 0.6) is 0 Å². The highest BCUT2D eigenvalue weighted by atomic mass is 14.3. The average molecular weight is 252 g/mol. The van der Waals surface area contributed by atoms with E-state index in [0.717, 1.165) is 35.5 Å². The van der Waals surface area contributed by atoms with Gasteiger partial charge in [0.25, 0.3) is 0 Å². The normalized spacial score (nSPS) is 45.0. The maximum absolute atomic E-state index is 2.39. The summed E-state index contributed by atoms with van der Waals surface area (Å²) in [5.74, 6) is 5.93. The average Bonchev–Trinajstić information content (AvgIpc) is 2.23. The van der Waals surface area contributed by atoms with Crippen LogP contribution >= 0.6 is 0 Å². The second-order valence-corrected chi connectivity index (χ2v) is 7.90. The summed E-state index contributed by atoms with van der Waals surface area (Å²) >= 11 is 0. The van der Waals surface area contributed by atoms with Crippen molar-refractivity contribution in [2.24, 2.45) is 35.5 Å². The van der Waals surface area contributed by atoms with E-state index in [0.29, 0.717) is 0 Å². The molecule has 0 amide bonds. The van der Waals surface area contributed by atoms with Gasteiger partial charge >= 0.3 is 0 Å². The van der Waals surface area contributed by atoms with Gasteiger partial charge in [-0.15, -0.1) is 0 Å². The molecule has 0 heteroatoms. The molecule has 0 aliphatic heterocycles. The number of rotatable bonds is 0. The van der Waals surface area contributed by atoms with E-state index in [2.05, 4.69) is 41.5 Å². The zero-order chi connectivity index (χ0) is 13.7. The van der Waals surface area contributed by atoms with Crippen molar-refractivity contribution in [1.29, 1.82) is 0 Å². The van der Waals surface area contributed by atoms with Crippen LogP contribution in [0.2, 0.25) is 0 Å². The molecule has 2 aliphatic rings. The van der Waals surface area contributed by atoms with Crippen molar-refractivity contribution in [3.63, 3.8) is 0 Å². The molecule has 2 aliphatic carbocycles. The lowest BCUT2D eigenvalue weighted by molar-refractivity contribution is 0.220. The van der Waals surface area contributed by atoms with Crippen molar-refractivity contribution in [1.82, 2.24) is 0 Å². The molecule has 2 fully saturated rings. The summed E-state index contributed by atoms with van der Waals surface area (Å²) in [5.41, 5.74) is 0. The minimum absolute atomic E-state index is 0.980. The number of hydrogen-bond donors (Lipinski definition) is 0. The van der Waals surface area contributed by atoms with E-state index in [4.69, 9.17) is 0 Å². The molecule has 108 valence electrons. The van der Waals surface area contributed by atoms with Crippen molar-refractivity contribution in [2.75, 3.05) is 0 Å². The second-order valence-electron chi connectivity index (χ2n) is 7.90. The van der Waals surface area contributed by atoms with Gasteiger partial charge in [-0.2, -0.15) is 0 Å². The van der Waals surface area contributed by atoms with Crippen LogP contribution in [-0.4, -0.2) is 0 Å². The fourth-order valence-corrected chi connectivity index (χ4v) is 4.17. The Bertz CT molecular complexity index is 195. The first-order valence-electron chi connectivity index (χ1n) is 8.38. The molecule has 3 unspecified atom stereocenters. The maximum Gasteiger partial charge on any atom is -0.0414 e. The molecule has 0 saturated heterocycles. The minimum Gasteiger partial charge on any atom is -0.0625 e. The van der Waals surface area contributed by atoms with Crippen molar-refractivity contribution >= 4 is 0 Å².